The predicted octanol–water partition coefficient (Wildman–Crippen LogP) is 4.88. The summed E-state index contributed by atoms with van der Waals surface area (Å²) in [5.74, 6) is -0.213. The fourth-order valence-corrected chi connectivity index (χ4v) is 3.29. The van der Waals surface area contributed by atoms with Crippen molar-refractivity contribution in [1.29, 1.82) is 0 Å². The van der Waals surface area contributed by atoms with Gasteiger partial charge in [0.25, 0.3) is 5.22 Å². The monoisotopic (exact) mass is 391 g/mol. The number of nitrogens with one attached hydrogen (secondary N) is 1. The van der Waals surface area contributed by atoms with Crippen LogP contribution in [0, 0.1) is 19.7 Å². The van der Waals surface area contributed by atoms with Crippen molar-refractivity contribution in [2.75, 3.05) is 11.1 Å². The second-order valence-electron chi connectivity index (χ2n) is 5.66. The van der Waals surface area contributed by atoms with Crippen molar-refractivity contribution in [3.05, 3.63) is 58.4 Å². The van der Waals surface area contributed by atoms with Gasteiger partial charge in [-0.05, 0) is 55.3 Å². The molecule has 1 amide bonds. The van der Waals surface area contributed by atoms with E-state index in [0.29, 0.717) is 16.3 Å². The standard InChI is InChI=1S/C18H15ClFN3O2S/c1-10-7-11(2)16(14(19)8-10)21-15(24)9-26-18-23-22-17(25-18)12-3-5-13(20)6-4-12/h3-8H,9H2,1-2H3,(H,21,24). The van der Waals surface area contributed by atoms with Gasteiger partial charge in [-0.1, -0.05) is 29.4 Å². The number of aromatic nitrogens is 2. The molecule has 1 N–H and O–H groups in total. The van der Waals surface area contributed by atoms with Crippen molar-refractivity contribution in [2.24, 2.45) is 0 Å². The quantitative estimate of drug-likeness (QED) is 0.628. The maximum absolute atomic E-state index is 13.0. The molecule has 0 aliphatic carbocycles. The molecule has 0 fully saturated rings. The second kappa shape index (κ2) is 7.88. The molecule has 5 nitrogen and oxygen atoms in total. The minimum absolute atomic E-state index is 0.0920. The van der Waals surface area contributed by atoms with Gasteiger partial charge in [0.05, 0.1) is 16.5 Å². The first-order valence-electron chi connectivity index (χ1n) is 7.71. The highest BCUT2D eigenvalue weighted by molar-refractivity contribution is 7.99. The summed E-state index contributed by atoms with van der Waals surface area (Å²) in [6.45, 7) is 3.82. The Morgan fingerprint density at radius 2 is 1.96 bits per heavy atom. The van der Waals surface area contributed by atoms with E-state index in [1.807, 2.05) is 19.9 Å². The lowest BCUT2D eigenvalue weighted by atomic mass is 10.1. The summed E-state index contributed by atoms with van der Waals surface area (Å²) in [6.07, 6.45) is 0. The van der Waals surface area contributed by atoms with Gasteiger partial charge in [0.2, 0.25) is 11.8 Å². The zero-order valence-electron chi connectivity index (χ0n) is 14.0. The van der Waals surface area contributed by atoms with Gasteiger partial charge in [-0.3, -0.25) is 4.79 Å². The zero-order valence-corrected chi connectivity index (χ0v) is 15.6. The van der Waals surface area contributed by atoms with Crippen LogP contribution in [0.2, 0.25) is 5.02 Å². The number of nitrogens with zero attached hydrogens (tertiary/aromatic N) is 2. The smallest absolute Gasteiger partial charge is 0.277 e. The average Bonchev–Trinajstić information content (AvgIpc) is 3.06. The maximum Gasteiger partial charge on any atom is 0.277 e. The summed E-state index contributed by atoms with van der Waals surface area (Å²) in [4.78, 5) is 12.2. The zero-order chi connectivity index (χ0) is 18.7. The number of anilines is 1. The van der Waals surface area contributed by atoms with Crippen LogP contribution in [0.1, 0.15) is 11.1 Å². The summed E-state index contributed by atoms with van der Waals surface area (Å²) in [6, 6.07) is 9.46. The van der Waals surface area contributed by atoms with Crippen LogP contribution in [0.3, 0.4) is 0 Å². The highest BCUT2D eigenvalue weighted by Crippen LogP contribution is 2.28. The van der Waals surface area contributed by atoms with E-state index < -0.39 is 0 Å². The molecule has 0 saturated heterocycles. The van der Waals surface area contributed by atoms with Crippen LogP contribution >= 0.6 is 23.4 Å². The van der Waals surface area contributed by atoms with E-state index in [-0.39, 0.29) is 28.6 Å². The molecule has 8 heteroatoms. The molecule has 3 aromatic rings. The molecule has 0 spiro atoms. The topological polar surface area (TPSA) is 68.0 Å². The van der Waals surface area contributed by atoms with Crippen LogP contribution in [-0.4, -0.2) is 21.9 Å². The van der Waals surface area contributed by atoms with Crippen molar-refractivity contribution in [2.45, 2.75) is 19.1 Å². The lowest BCUT2D eigenvalue weighted by molar-refractivity contribution is -0.113. The van der Waals surface area contributed by atoms with Crippen molar-refractivity contribution >= 4 is 35.0 Å². The number of benzene rings is 2. The van der Waals surface area contributed by atoms with Gasteiger partial charge in [0.1, 0.15) is 5.82 Å². The Hall–Kier alpha value is -2.38. The normalized spacial score (nSPS) is 10.8. The summed E-state index contributed by atoms with van der Waals surface area (Å²) < 4.78 is 18.4. The van der Waals surface area contributed by atoms with Gasteiger partial charge in [0.15, 0.2) is 0 Å². The van der Waals surface area contributed by atoms with Crippen LogP contribution in [0.25, 0.3) is 11.5 Å². The highest BCUT2D eigenvalue weighted by Gasteiger charge is 2.13. The Balaban J connectivity index is 1.61. The highest BCUT2D eigenvalue weighted by atomic mass is 35.5. The molecule has 0 unspecified atom stereocenters. The largest absolute Gasteiger partial charge is 0.411 e. The van der Waals surface area contributed by atoms with Crippen LogP contribution in [-0.2, 0) is 4.79 Å². The molecule has 134 valence electrons. The molecule has 2 aromatic carbocycles. The lowest BCUT2D eigenvalue weighted by Crippen LogP contribution is -2.15. The first kappa shape index (κ1) is 18.4. The fourth-order valence-electron chi connectivity index (χ4n) is 2.35. The van der Waals surface area contributed by atoms with E-state index >= 15 is 0 Å². The van der Waals surface area contributed by atoms with E-state index in [4.69, 9.17) is 16.0 Å². The number of halogens is 2. The van der Waals surface area contributed by atoms with Gasteiger partial charge in [-0.2, -0.15) is 0 Å². The molecular formula is C18H15ClFN3O2S. The third kappa shape index (κ3) is 4.42. The molecule has 0 bridgehead atoms. The number of aryl methyl sites for hydroxylation is 2. The molecule has 0 aliphatic heterocycles. The Bertz CT molecular complexity index is 921. The Morgan fingerprint density at radius 3 is 2.65 bits per heavy atom. The van der Waals surface area contributed by atoms with Crippen molar-refractivity contribution in [3.8, 4) is 11.5 Å². The fraction of sp³-hybridized carbons (Fsp3) is 0.167. The number of carbonyl (C=O) groups excluding carboxylic acids is 1. The van der Waals surface area contributed by atoms with Crippen molar-refractivity contribution < 1.29 is 13.6 Å². The van der Waals surface area contributed by atoms with Crippen LogP contribution in [0.4, 0.5) is 10.1 Å². The molecule has 1 heterocycles. The second-order valence-corrected chi connectivity index (χ2v) is 6.99. The number of amides is 1. The third-order valence-corrected chi connectivity index (χ3v) is 4.64. The van der Waals surface area contributed by atoms with Crippen LogP contribution in [0.5, 0.6) is 0 Å². The summed E-state index contributed by atoms with van der Waals surface area (Å²) in [7, 11) is 0. The maximum atomic E-state index is 13.0. The number of carbonyl (C=O) groups is 1. The summed E-state index contributed by atoms with van der Waals surface area (Å²) in [5, 5.41) is 11.3. The van der Waals surface area contributed by atoms with E-state index in [1.165, 1.54) is 12.1 Å². The summed E-state index contributed by atoms with van der Waals surface area (Å²) >= 11 is 7.30. The van der Waals surface area contributed by atoms with Crippen molar-refractivity contribution in [3.63, 3.8) is 0 Å². The van der Waals surface area contributed by atoms with E-state index in [9.17, 15) is 9.18 Å². The van der Waals surface area contributed by atoms with Gasteiger partial charge >= 0.3 is 0 Å². The van der Waals surface area contributed by atoms with E-state index in [0.717, 1.165) is 22.9 Å². The first-order valence-corrected chi connectivity index (χ1v) is 9.07. The van der Waals surface area contributed by atoms with Gasteiger partial charge in [0, 0.05) is 5.56 Å². The third-order valence-electron chi connectivity index (χ3n) is 3.52. The predicted molar refractivity (Wildman–Crippen MR) is 100.0 cm³/mol. The number of hydrogen-bond acceptors (Lipinski definition) is 5. The summed E-state index contributed by atoms with van der Waals surface area (Å²) in [5.41, 5.74) is 3.13. The molecule has 0 aliphatic rings. The number of rotatable bonds is 5. The number of thioether (sulfide) groups is 1. The molecule has 0 atom stereocenters. The van der Waals surface area contributed by atoms with Gasteiger partial charge in [-0.15, -0.1) is 10.2 Å². The SMILES string of the molecule is Cc1cc(C)c(NC(=O)CSc2nnc(-c3ccc(F)cc3)o2)c(Cl)c1. The Labute approximate surface area is 159 Å². The first-order chi connectivity index (χ1) is 12.4. The van der Waals surface area contributed by atoms with Gasteiger partial charge in [-0.25, -0.2) is 4.39 Å². The van der Waals surface area contributed by atoms with Crippen LogP contribution < -0.4 is 5.32 Å². The van der Waals surface area contributed by atoms with Crippen LogP contribution in [0.15, 0.2) is 46.0 Å². The Morgan fingerprint density at radius 1 is 1.23 bits per heavy atom. The molecule has 26 heavy (non-hydrogen) atoms. The lowest BCUT2D eigenvalue weighted by Gasteiger charge is -2.11. The van der Waals surface area contributed by atoms with E-state index in [2.05, 4.69) is 15.5 Å². The average molecular weight is 392 g/mol. The van der Waals surface area contributed by atoms with E-state index in [1.54, 1.807) is 18.2 Å². The molecule has 1 aromatic heterocycles. The molecule has 0 radical (unpaired) electrons. The molecule has 3 rings (SSSR count). The Kier molecular flexibility index (Phi) is 5.58. The number of hydrogen-bond donors (Lipinski definition) is 1. The minimum Gasteiger partial charge on any atom is -0.411 e. The molecule has 0 saturated carbocycles. The van der Waals surface area contributed by atoms with Crippen molar-refractivity contribution in [1.82, 2.24) is 10.2 Å². The van der Waals surface area contributed by atoms with Gasteiger partial charge < -0.3 is 9.73 Å². The molecular weight excluding hydrogens is 377 g/mol. The minimum atomic E-state index is -0.343.